The van der Waals surface area contributed by atoms with Crippen molar-refractivity contribution in [3.8, 4) is 5.69 Å². The number of aromatic nitrogens is 2. The molecule has 138 valence electrons. The summed E-state index contributed by atoms with van der Waals surface area (Å²) in [6.07, 6.45) is 6.49. The van der Waals surface area contributed by atoms with Crippen molar-refractivity contribution >= 4 is 5.91 Å². The van der Waals surface area contributed by atoms with E-state index in [0.717, 1.165) is 38.2 Å². The van der Waals surface area contributed by atoms with Crippen LogP contribution in [0.3, 0.4) is 0 Å². The fraction of sp³-hybridized carbons (Fsp3) is 0.500. The molecule has 2 fully saturated rings. The van der Waals surface area contributed by atoms with E-state index in [1.807, 2.05) is 21.8 Å². The van der Waals surface area contributed by atoms with Crippen molar-refractivity contribution in [2.75, 3.05) is 26.2 Å². The summed E-state index contributed by atoms with van der Waals surface area (Å²) < 4.78 is 1.88. The highest BCUT2D eigenvalue weighted by atomic mass is 16.2. The number of benzene rings is 1. The number of fused-ring (bicyclic) bond motifs is 1. The van der Waals surface area contributed by atoms with E-state index < -0.39 is 0 Å². The maximum absolute atomic E-state index is 12.2. The Labute approximate surface area is 154 Å². The Bertz CT molecular complexity index is 727. The SMILES string of the molecule is NCCN1C(=O)CC[C@H]2CN(Cc3ccc(-n4cccn4)cc3)CC[C@H]21. The average Bonchev–Trinajstić information content (AvgIpc) is 3.20. The van der Waals surface area contributed by atoms with Crippen LogP contribution in [0.25, 0.3) is 5.69 Å². The molecule has 2 aromatic rings. The second kappa shape index (κ2) is 7.60. The van der Waals surface area contributed by atoms with Gasteiger partial charge in [0.05, 0.1) is 5.69 Å². The van der Waals surface area contributed by atoms with E-state index in [0.29, 0.717) is 37.4 Å². The molecule has 0 spiro atoms. The van der Waals surface area contributed by atoms with Crippen molar-refractivity contribution < 1.29 is 4.79 Å². The van der Waals surface area contributed by atoms with Gasteiger partial charge >= 0.3 is 0 Å². The molecule has 0 saturated carbocycles. The third kappa shape index (κ3) is 3.52. The normalized spacial score (nSPS) is 23.9. The van der Waals surface area contributed by atoms with Crippen molar-refractivity contribution in [1.29, 1.82) is 0 Å². The van der Waals surface area contributed by atoms with Crippen LogP contribution >= 0.6 is 0 Å². The molecule has 6 heteroatoms. The Morgan fingerprint density at radius 2 is 2.04 bits per heavy atom. The molecule has 4 rings (SSSR count). The number of piperidine rings is 2. The Hall–Kier alpha value is -2.18. The molecule has 0 unspecified atom stereocenters. The van der Waals surface area contributed by atoms with Crippen LogP contribution in [0.4, 0.5) is 0 Å². The third-order valence-corrected chi connectivity index (χ3v) is 5.71. The van der Waals surface area contributed by atoms with E-state index in [1.54, 1.807) is 6.20 Å². The van der Waals surface area contributed by atoms with Crippen LogP contribution < -0.4 is 5.73 Å². The first-order valence-electron chi connectivity index (χ1n) is 9.55. The third-order valence-electron chi connectivity index (χ3n) is 5.71. The Kier molecular flexibility index (Phi) is 5.04. The van der Waals surface area contributed by atoms with E-state index in [2.05, 4.69) is 34.3 Å². The summed E-state index contributed by atoms with van der Waals surface area (Å²) >= 11 is 0. The van der Waals surface area contributed by atoms with Gasteiger partial charge in [-0.1, -0.05) is 12.1 Å². The van der Waals surface area contributed by atoms with Crippen molar-refractivity contribution in [3.05, 3.63) is 48.3 Å². The summed E-state index contributed by atoms with van der Waals surface area (Å²) in [7, 11) is 0. The number of hydrogen-bond acceptors (Lipinski definition) is 4. The Morgan fingerprint density at radius 3 is 2.77 bits per heavy atom. The topological polar surface area (TPSA) is 67.4 Å². The second-order valence-corrected chi connectivity index (χ2v) is 7.38. The first kappa shape index (κ1) is 17.2. The van der Waals surface area contributed by atoms with Gasteiger partial charge in [-0.05, 0) is 42.5 Å². The fourth-order valence-corrected chi connectivity index (χ4v) is 4.43. The number of hydrogen-bond donors (Lipinski definition) is 1. The number of carbonyl (C=O) groups is 1. The quantitative estimate of drug-likeness (QED) is 0.887. The van der Waals surface area contributed by atoms with Crippen LogP contribution in [-0.4, -0.2) is 57.7 Å². The molecule has 0 radical (unpaired) electrons. The molecule has 2 atom stereocenters. The zero-order chi connectivity index (χ0) is 17.9. The average molecular weight is 353 g/mol. The molecular weight excluding hydrogens is 326 g/mol. The molecule has 3 heterocycles. The van der Waals surface area contributed by atoms with Crippen LogP contribution in [-0.2, 0) is 11.3 Å². The zero-order valence-electron chi connectivity index (χ0n) is 15.1. The van der Waals surface area contributed by atoms with Gasteiger partial charge in [-0.3, -0.25) is 9.69 Å². The molecular formula is C20H27N5O. The largest absolute Gasteiger partial charge is 0.338 e. The van der Waals surface area contributed by atoms with Crippen LogP contribution in [0, 0.1) is 5.92 Å². The highest BCUT2D eigenvalue weighted by molar-refractivity contribution is 5.77. The summed E-state index contributed by atoms with van der Waals surface area (Å²) in [5.41, 5.74) is 8.12. The lowest BCUT2D eigenvalue weighted by Crippen LogP contribution is -2.56. The van der Waals surface area contributed by atoms with E-state index in [4.69, 9.17) is 5.73 Å². The molecule has 0 aliphatic carbocycles. The maximum atomic E-state index is 12.2. The summed E-state index contributed by atoms with van der Waals surface area (Å²) in [6.45, 7) is 4.33. The van der Waals surface area contributed by atoms with E-state index >= 15 is 0 Å². The lowest BCUT2D eigenvalue weighted by Gasteiger charge is -2.47. The molecule has 1 amide bonds. The summed E-state index contributed by atoms with van der Waals surface area (Å²) in [5.74, 6) is 0.871. The van der Waals surface area contributed by atoms with Gasteiger partial charge < -0.3 is 10.6 Å². The monoisotopic (exact) mass is 353 g/mol. The van der Waals surface area contributed by atoms with Gasteiger partial charge in [0.2, 0.25) is 5.91 Å². The highest BCUT2D eigenvalue weighted by Gasteiger charge is 2.38. The van der Waals surface area contributed by atoms with Crippen LogP contribution in [0.5, 0.6) is 0 Å². The molecule has 2 aliphatic heterocycles. The van der Waals surface area contributed by atoms with Crippen molar-refractivity contribution in [2.45, 2.75) is 31.8 Å². The van der Waals surface area contributed by atoms with Gasteiger partial charge in [-0.25, -0.2) is 4.68 Å². The number of rotatable bonds is 5. The van der Waals surface area contributed by atoms with Crippen LogP contribution in [0.15, 0.2) is 42.7 Å². The summed E-state index contributed by atoms with van der Waals surface area (Å²) in [5, 5.41) is 4.27. The molecule has 0 bridgehead atoms. The summed E-state index contributed by atoms with van der Waals surface area (Å²) in [4.78, 5) is 16.8. The molecule has 1 aromatic heterocycles. The van der Waals surface area contributed by atoms with Crippen molar-refractivity contribution in [1.82, 2.24) is 19.6 Å². The molecule has 2 saturated heterocycles. The van der Waals surface area contributed by atoms with E-state index in [-0.39, 0.29) is 0 Å². The highest BCUT2D eigenvalue weighted by Crippen LogP contribution is 2.31. The number of carbonyl (C=O) groups excluding carboxylic acids is 1. The fourth-order valence-electron chi connectivity index (χ4n) is 4.43. The number of nitrogens with two attached hydrogens (primary N) is 1. The van der Waals surface area contributed by atoms with Gasteiger partial charge in [-0.15, -0.1) is 0 Å². The van der Waals surface area contributed by atoms with E-state index in [1.165, 1.54) is 5.56 Å². The number of amides is 1. The zero-order valence-corrected chi connectivity index (χ0v) is 15.1. The molecule has 6 nitrogen and oxygen atoms in total. The number of likely N-dealkylation sites (tertiary alicyclic amines) is 2. The van der Waals surface area contributed by atoms with Crippen LogP contribution in [0.2, 0.25) is 0 Å². The van der Waals surface area contributed by atoms with Crippen molar-refractivity contribution in [2.24, 2.45) is 11.7 Å². The summed E-state index contributed by atoms with van der Waals surface area (Å²) in [6, 6.07) is 10.9. The lowest BCUT2D eigenvalue weighted by molar-refractivity contribution is -0.140. The van der Waals surface area contributed by atoms with Gasteiger partial charge in [0, 0.05) is 57.6 Å². The predicted molar refractivity (Wildman–Crippen MR) is 101 cm³/mol. The van der Waals surface area contributed by atoms with Gasteiger partial charge in [0.25, 0.3) is 0 Å². The van der Waals surface area contributed by atoms with E-state index in [9.17, 15) is 4.79 Å². The molecule has 2 N–H and O–H groups in total. The van der Waals surface area contributed by atoms with Gasteiger partial charge in [-0.2, -0.15) is 5.10 Å². The first-order chi connectivity index (χ1) is 12.7. The smallest absolute Gasteiger partial charge is 0.222 e. The standard InChI is InChI=1S/C20H27N5O/c21-9-13-24-19-8-12-23(15-17(19)4-7-20(24)26)14-16-2-5-18(6-3-16)25-11-1-10-22-25/h1-3,5-6,10-11,17,19H,4,7-9,12-15,21H2/t17-,19+/m0/s1. The predicted octanol–water partition coefficient (Wildman–Crippen LogP) is 1.64. The minimum Gasteiger partial charge on any atom is -0.338 e. The van der Waals surface area contributed by atoms with Crippen molar-refractivity contribution in [3.63, 3.8) is 0 Å². The van der Waals surface area contributed by atoms with Gasteiger partial charge in [0.15, 0.2) is 0 Å². The maximum Gasteiger partial charge on any atom is 0.222 e. The molecule has 1 aromatic carbocycles. The lowest BCUT2D eigenvalue weighted by atomic mass is 9.83. The molecule has 2 aliphatic rings. The second-order valence-electron chi connectivity index (χ2n) is 7.38. The van der Waals surface area contributed by atoms with Gasteiger partial charge in [0.1, 0.15) is 0 Å². The Morgan fingerprint density at radius 1 is 1.19 bits per heavy atom. The van der Waals surface area contributed by atoms with Crippen LogP contribution in [0.1, 0.15) is 24.8 Å². The minimum atomic E-state index is 0.291. The Balaban J connectivity index is 1.38. The minimum absolute atomic E-state index is 0.291. The number of nitrogens with zero attached hydrogens (tertiary/aromatic N) is 4. The first-order valence-corrected chi connectivity index (χ1v) is 9.55. The molecule has 26 heavy (non-hydrogen) atoms.